The molecule has 2 aromatic rings. The lowest BCUT2D eigenvalue weighted by atomic mass is 9.84. The second-order valence-electron chi connectivity index (χ2n) is 7.86. The Labute approximate surface area is 156 Å². The SMILES string of the molecule is Cn1ccnc1CN(C(=O)C1CCCCC1)[C@H]1CCCc2ccccc21. The van der Waals surface area contributed by atoms with Gasteiger partial charge in [0.2, 0.25) is 5.91 Å². The zero-order valence-electron chi connectivity index (χ0n) is 15.7. The molecule has 1 atom stereocenters. The van der Waals surface area contributed by atoms with Gasteiger partial charge in [0.15, 0.2) is 0 Å². The number of aryl methyl sites for hydroxylation is 2. The highest BCUT2D eigenvalue weighted by Crippen LogP contribution is 2.37. The Hall–Kier alpha value is -2.10. The summed E-state index contributed by atoms with van der Waals surface area (Å²) in [5.74, 6) is 1.50. The fraction of sp³-hybridized carbons (Fsp3) is 0.545. The smallest absolute Gasteiger partial charge is 0.226 e. The van der Waals surface area contributed by atoms with Gasteiger partial charge in [0.25, 0.3) is 0 Å². The van der Waals surface area contributed by atoms with Crippen LogP contribution in [0.5, 0.6) is 0 Å². The van der Waals surface area contributed by atoms with Crippen molar-refractivity contribution in [2.24, 2.45) is 13.0 Å². The van der Waals surface area contributed by atoms with Gasteiger partial charge >= 0.3 is 0 Å². The van der Waals surface area contributed by atoms with Crippen LogP contribution in [0.1, 0.15) is 67.9 Å². The van der Waals surface area contributed by atoms with Crippen molar-refractivity contribution in [2.75, 3.05) is 0 Å². The number of hydrogen-bond acceptors (Lipinski definition) is 2. The minimum absolute atomic E-state index is 0.186. The van der Waals surface area contributed by atoms with Gasteiger partial charge in [0, 0.05) is 25.4 Å². The summed E-state index contributed by atoms with van der Waals surface area (Å²) in [5, 5.41) is 0. The molecule has 4 heteroatoms. The molecule has 1 aromatic heterocycles. The Morgan fingerprint density at radius 3 is 2.73 bits per heavy atom. The van der Waals surface area contributed by atoms with Crippen molar-refractivity contribution in [1.29, 1.82) is 0 Å². The number of aromatic nitrogens is 2. The third-order valence-electron chi connectivity index (χ3n) is 6.18. The molecular weight excluding hydrogens is 322 g/mol. The van der Waals surface area contributed by atoms with E-state index in [1.807, 2.05) is 24.0 Å². The molecule has 0 saturated heterocycles. The number of rotatable bonds is 4. The van der Waals surface area contributed by atoms with E-state index >= 15 is 0 Å². The van der Waals surface area contributed by atoms with Crippen molar-refractivity contribution in [3.05, 3.63) is 53.6 Å². The average molecular weight is 351 g/mol. The number of amides is 1. The minimum atomic E-state index is 0.186. The van der Waals surface area contributed by atoms with Crippen LogP contribution in [0.2, 0.25) is 0 Å². The van der Waals surface area contributed by atoms with Gasteiger partial charge in [0.05, 0.1) is 12.6 Å². The largest absolute Gasteiger partial charge is 0.337 e. The molecule has 26 heavy (non-hydrogen) atoms. The first kappa shape index (κ1) is 17.3. The maximum atomic E-state index is 13.5. The van der Waals surface area contributed by atoms with E-state index in [-0.39, 0.29) is 12.0 Å². The number of fused-ring (bicyclic) bond motifs is 1. The first-order valence-electron chi connectivity index (χ1n) is 10.1. The molecular formula is C22H29N3O. The van der Waals surface area contributed by atoms with Crippen LogP contribution >= 0.6 is 0 Å². The average Bonchev–Trinajstić information content (AvgIpc) is 3.10. The quantitative estimate of drug-likeness (QED) is 0.818. The lowest BCUT2D eigenvalue weighted by Gasteiger charge is -2.38. The van der Waals surface area contributed by atoms with Gasteiger partial charge in [-0.15, -0.1) is 0 Å². The standard InChI is InChI=1S/C22H29N3O/c1-24-15-14-23-21(24)16-25(22(26)18-9-3-2-4-10-18)20-13-7-11-17-8-5-6-12-19(17)20/h5-6,8,12,14-15,18,20H,2-4,7,9-11,13,16H2,1H3/t20-/m0/s1. The topological polar surface area (TPSA) is 38.1 Å². The summed E-state index contributed by atoms with van der Waals surface area (Å²) in [6.07, 6.45) is 12.9. The summed E-state index contributed by atoms with van der Waals surface area (Å²) >= 11 is 0. The van der Waals surface area contributed by atoms with Gasteiger partial charge < -0.3 is 9.47 Å². The van der Waals surface area contributed by atoms with E-state index in [9.17, 15) is 4.79 Å². The molecule has 4 rings (SSSR count). The number of nitrogens with zero attached hydrogens (tertiary/aromatic N) is 3. The van der Waals surface area contributed by atoms with E-state index in [0.29, 0.717) is 12.5 Å². The Morgan fingerprint density at radius 2 is 1.96 bits per heavy atom. The molecule has 0 N–H and O–H groups in total. The van der Waals surface area contributed by atoms with E-state index in [1.54, 1.807) is 0 Å². The van der Waals surface area contributed by atoms with Crippen molar-refractivity contribution in [1.82, 2.24) is 14.5 Å². The molecule has 138 valence electrons. The fourth-order valence-corrected chi connectivity index (χ4v) is 4.68. The van der Waals surface area contributed by atoms with Crippen molar-refractivity contribution in [3.63, 3.8) is 0 Å². The molecule has 2 aliphatic rings. The Kier molecular flexibility index (Phi) is 5.09. The lowest BCUT2D eigenvalue weighted by Crippen LogP contribution is -2.41. The van der Waals surface area contributed by atoms with Crippen LogP contribution in [0, 0.1) is 5.92 Å². The molecule has 1 heterocycles. The van der Waals surface area contributed by atoms with Gasteiger partial charge in [-0.3, -0.25) is 4.79 Å². The number of imidazole rings is 1. The molecule has 2 aliphatic carbocycles. The highest BCUT2D eigenvalue weighted by molar-refractivity contribution is 5.79. The molecule has 1 saturated carbocycles. The number of hydrogen-bond donors (Lipinski definition) is 0. The fourth-order valence-electron chi connectivity index (χ4n) is 4.68. The van der Waals surface area contributed by atoms with Crippen LogP contribution in [-0.2, 0) is 24.8 Å². The normalized spacial score (nSPS) is 20.6. The third-order valence-corrected chi connectivity index (χ3v) is 6.18. The van der Waals surface area contributed by atoms with E-state index in [1.165, 1.54) is 30.4 Å². The molecule has 1 fully saturated rings. The Morgan fingerprint density at radius 1 is 1.15 bits per heavy atom. The first-order chi connectivity index (χ1) is 12.7. The van der Waals surface area contributed by atoms with E-state index in [0.717, 1.165) is 37.9 Å². The monoisotopic (exact) mass is 351 g/mol. The summed E-state index contributed by atoms with van der Waals surface area (Å²) < 4.78 is 2.04. The van der Waals surface area contributed by atoms with Gasteiger partial charge in [-0.2, -0.15) is 0 Å². The maximum Gasteiger partial charge on any atom is 0.226 e. The molecule has 0 unspecified atom stereocenters. The van der Waals surface area contributed by atoms with Crippen molar-refractivity contribution < 1.29 is 4.79 Å². The molecule has 0 radical (unpaired) electrons. The number of carbonyl (C=O) groups excluding carboxylic acids is 1. The second kappa shape index (κ2) is 7.65. The minimum Gasteiger partial charge on any atom is -0.337 e. The summed E-state index contributed by atoms with van der Waals surface area (Å²) in [6.45, 7) is 0.609. The maximum absolute atomic E-state index is 13.5. The predicted octanol–water partition coefficient (Wildman–Crippen LogP) is 4.41. The molecule has 0 bridgehead atoms. The van der Waals surface area contributed by atoms with Crippen LogP contribution in [0.4, 0.5) is 0 Å². The van der Waals surface area contributed by atoms with E-state index in [4.69, 9.17) is 0 Å². The molecule has 4 nitrogen and oxygen atoms in total. The first-order valence-corrected chi connectivity index (χ1v) is 10.1. The van der Waals surface area contributed by atoms with Crippen LogP contribution in [0.15, 0.2) is 36.7 Å². The van der Waals surface area contributed by atoms with Crippen LogP contribution < -0.4 is 0 Å². The van der Waals surface area contributed by atoms with Crippen LogP contribution in [0.25, 0.3) is 0 Å². The second-order valence-corrected chi connectivity index (χ2v) is 7.86. The summed E-state index contributed by atoms with van der Waals surface area (Å²) in [5.41, 5.74) is 2.75. The van der Waals surface area contributed by atoms with E-state index in [2.05, 4.69) is 34.1 Å². The van der Waals surface area contributed by atoms with Gasteiger partial charge in [-0.1, -0.05) is 43.5 Å². The van der Waals surface area contributed by atoms with E-state index < -0.39 is 0 Å². The summed E-state index contributed by atoms with van der Waals surface area (Å²) in [7, 11) is 2.01. The lowest BCUT2D eigenvalue weighted by molar-refractivity contribution is -0.140. The number of carbonyl (C=O) groups is 1. The molecule has 0 aliphatic heterocycles. The van der Waals surface area contributed by atoms with Crippen molar-refractivity contribution in [2.45, 2.75) is 64.0 Å². The van der Waals surface area contributed by atoms with Crippen LogP contribution in [-0.4, -0.2) is 20.4 Å². The van der Waals surface area contributed by atoms with Crippen LogP contribution in [0.3, 0.4) is 0 Å². The summed E-state index contributed by atoms with van der Waals surface area (Å²) in [4.78, 5) is 20.2. The third kappa shape index (κ3) is 3.42. The highest BCUT2D eigenvalue weighted by atomic mass is 16.2. The summed E-state index contributed by atoms with van der Waals surface area (Å²) in [6, 6.07) is 8.87. The zero-order valence-corrected chi connectivity index (χ0v) is 15.7. The van der Waals surface area contributed by atoms with Gasteiger partial charge in [-0.05, 0) is 43.2 Å². The number of benzene rings is 1. The molecule has 1 aromatic carbocycles. The molecule has 0 spiro atoms. The molecule has 1 amide bonds. The van der Waals surface area contributed by atoms with Crippen molar-refractivity contribution in [3.8, 4) is 0 Å². The zero-order chi connectivity index (χ0) is 17.9. The predicted molar refractivity (Wildman–Crippen MR) is 102 cm³/mol. The van der Waals surface area contributed by atoms with Gasteiger partial charge in [0.1, 0.15) is 5.82 Å². The Bertz CT molecular complexity index is 760. The Balaban J connectivity index is 1.66. The van der Waals surface area contributed by atoms with Crippen molar-refractivity contribution >= 4 is 5.91 Å². The van der Waals surface area contributed by atoms with Gasteiger partial charge in [-0.25, -0.2) is 4.98 Å². The highest BCUT2D eigenvalue weighted by Gasteiger charge is 2.34.